The maximum absolute atomic E-state index is 3.84. The van der Waals surface area contributed by atoms with Crippen molar-refractivity contribution in [1.82, 2.24) is 10.2 Å². The summed E-state index contributed by atoms with van der Waals surface area (Å²) in [5.41, 5.74) is 0.468. The van der Waals surface area contributed by atoms with Crippen LogP contribution in [0.4, 0.5) is 0 Å². The van der Waals surface area contributed by atoms with Gasteiger partial charge in [-0.15, -0.1) is 0 Å². The summed E-state index contributed by atoms with van der Waals surface area (Å²) in [5, 5.41) is 3.84. The van der Waals surface area contributed by atoms with Crippen LogP contribution >= 0.6 is 0 Å². The highest BCUT2D eigenvalue weighted by atomic mass is 15.2. The number of nitrogens with zero attached hydrogens (tertiary/aromatic N) is 1. The van der Waals surface area contributed by atoms with Gasteiger partial charge in [-0.1, -0.05) is 27.2 Å². The molecule has 3 aliphatic rings. The van der Waals surface area contributed by atoms with Crippen molar-refractivity contribution in [2.24, 2.45) is 11.3 Å². The van der Waals surface area contributed by atoms with Gasteiger partial charge in [-0.05, 0) is 56.4 Å². The first-order valence-electron chi connectivity index (χ1n) is 8.61. The Labute approximate surface area is 119 Å². The molecular formula is C17H32N2. The molecule has 19 heavy (non-hydrogen) atoms. The third kappa shape index (κ3) is 3.16. The lowest BCUT2D eigenvalue weighted by atomic mass is 9.70. The molecule has 2 heteroatoms. The highest BCUT2D eigenvalue weighted by Gasteiger charge is 2.45. The monoisotopic (exact) mass is 264 g/mol. The Bertz CT molecular complexity index is 304. The normalized spacial score (nSPS) is 34.7. The summed E-state index contributed by atoms with van der Waals surface area (Å²) >= 11 is 0. The summed E-state index contributed by atoms with van der Waals surface area (Å²) < 4.78 is 0. The Morgan fingerprint density at radius 1 is 1.11 bits per heavy atom. The molecule has 0 amide bonds. The highest BCUT2D eigenvalue weighted by Crippen LogP contribution is 2.43. The quantitative estimate of drug-likeness (QED) is 0.791. The lowest BCUT2D eigenvalue weighted by Crippen LogP contribution is -2.59. The molecule has 2 unspecified atom stereocenters. The van der Waals surface area contributed by atoms with Gasteiger partial charge in [-0.2, -0.15) is 0 Å². The number of rotatable bonds is 6. The van der Waals surface area contributed by atoms with Crippen LogP contribution in [0.2, 0.25) is 0 Å². The van der Waals surface area contributed by atoms with Crippen LogP contribution in [0, 0.1) is 11.3 Å². The Morgan fingerprint density at radius 3 is 2.42 bits per heavy atom. The van der Waals surface area contributed by atoms with Crippen molar-refractivity contribution >= 4 is 0 Å². The van der Waals surface area contributed by atoms with Crippen molar-refractivity contribution in [2.45, 2.75) is 83.8 Å². The van der Waals surface area contributed by atoms with Gasteiger partial charge in [0.1, 0.15) is 0 Å². The van der Waals surface area contributed by atoms with E-state index in [4.69, 9.17) is 0 Å². The van der Waals surface area contributed by atoms with E-state index in [2.05, 4.69) is 31.0 Å². The SMILES string of the molecule is CCNC1C(N(CC2CC2)C2CC2)CCCC1(C)C. The van der Waals surface area contributed by atoms with Crippen LogP contribution in [0.5, 0.6) is 0 Å². The lowest BCUT2D eigenvalue weighted by molar-refractivity contribution is 0.0413. The van der Waals surface area contributed by atoms with Gasteiger partial charge in [-0.3, -0.25) is 4.90 Å². The maximum atomic E-state index is 3.84. The second-order valence-corrected chi connectivity index (χ2v) is 7.85. The molecule has 0 aliphatic heterocycles. The van der Waals surface area contributed by atoms with Crippen LogP contribution in [0.25, 0.3) is 0 Å². The first kappa shape index (κ1) is 13.9. The van der Waals surface area contributed by atoms with Crippen molar-refractivity contribution in [2.75, 3.05) is 13.1 Å². The molecule has 0 aromatic carbocycles. The van der Waals surface area contributed by atoms with Gasteiger partial charge >= 0.3 is 0 Å². The molecule has 3 rings (SSSR count). The zero-order valence-electron chi connectivity index (χ0n) is 13.1. The van der Waals surface area contributed by atoms with Crippen LogP contribution in [0.3, 0.4) is 0 Å². The Kier molecular flexibility index (Phi) is 3.92. The average Bonchev–Trinajstić information content (AvgIpc) is 3.23. The summed E-state index contributed by atoms with van der Waals surface area (Å²) in [5.74, 6) is 1.04. The van der Waals surface area contributed by atoms with E-state index in [1.54, 1.807) is 0 Å². The van der Waals surface area contributed by atoms with E-state index in [-0.39, 0.29) is 0 Å². The van der Waals surface area contributed by atoms with Crippen molar-refractivity contribution in [3.05, 3.63) is 0 Å². The van der Waals surface area contributed by atoms with Crippen LogP contribution in [0.15, 0.2) is 0 Å². The molecule has 3 saturated carbocycles. The molecule has 0 radical (unpaired) electrons. The van der Waals surface area contributed by atoms with Gasteiger partial charge in [0.15, 0.2) is 0 Å². The second-order valence-electron chi connectivity index (χ2n) is 7.85. The van der Waals surface area contributed by atoms with E-state index in [1.807, 2.05) is 0 Å². The topological polar surface area (TPSA) is 15.3 Å². The molecule has 0 aromatic rings. The number of likely N-dealkylation sites (N-methyl/N-ethyl adjacent to an activating group) is 1. The summed E-state index contributed by atoms with van der Waals surface area (Å²) in [7, 11) is 0. The molecule has 3 fully saturated rings. The van der Waals surface area contributed by atoms with Gasteiger partial charge in [-0.25, -0.2) is 0 Å². The molecule has 2 atom stereocenters. The summed E-state index contributed by atoms with van der Waals surface area (Å²) in [6.45, 7) is 9.74. The smallest absolute Gasteiger partial charge is 0.0274 e. The Morgan fingerprint density at radius 2 is 1.84 bits per heavy atom. The standard InChI is InChI=1S/C17H32N2/c1-4-18-16-15(6-5-11-17(16,2)3)19(14-9-10-14)12-13-7-8-13/h13-16,18H,4-12H2,1-3H3. The predicted octanol–water partition coefficient (Wildman–Crippen LogP) is 3.42. The molecule has 0 bridgehead atoms. The number of hydrogen-bond donors (Lipinski definition) is 1. The van der Waals surface area contributed by atoms with E-state index in [1.165, 1.54) is 51.5 Å². The van der Waals surface area contributed by atoms with Crippen LogP contribution in [0.1, 0.15) is 65.7 Å². The van der Waals surface area contributed by atoms with Crippen molar-refractivity contribution in [3.8, 4) is 0 Å². The largest absolute Gasteiger partial charge is 0.312 e. The zero-order valence-corrected chi connectivity index (χ0v) is 13.1. The molecule has 0 spiro atoms. The minimum atomic E-state index is 0.468. The van der Waals surface area contributed by atoms with Gasteiger partial charge < -0.3 is 5.32 Å². The molecule has 0 saturated heterocycles. The summed E-state index contributed by atoms with van der Waals surface area (Å²) in [6.07, 6.45) is 10.1. The third-order valence-corrected chi connectivity index (χ3v) is 5.58. The fourth-order valence-corrected chi connectivity index (χ4v) is 4.16. The minimum Gasteiger partial charge on any atom is -0.312 e. The maximum Gasteiger partial charge on any atom is 0.0274 e. The van der Waals surface area contributed by atoms with Gasteiger partial charge in [0.25, 0.3) is 0 Å². The molecule has 2 nitrogen and oxygen atoms in total. The second kappa shape index (κ2) is 5.37. The van der Waals surface area contributed by atoms with E-state index < -0.39 is 0 Å². The lowest BCUT2D eigenvalue weighted by Gasteiger charge is -2.49. The highest BCUT2D eigenvalue weighted by molar-refractivity contribution is 5.02. The van der Waals surface area contributed by atoms with Gasteiger partial charge in [0, 0.05) is 24.7 Å². The summed E-state index contributed by atoms with van der Waals surface area (Å²) in [6, 6.07) is 2.43. The number of hydrogen-bond acceptors (Lipinski definition) is 2. The average molecular weight is 264 g/mol. The Hall–Kier alpha value is -0.0800. The number of nitrogens with one attached hydrogen (secondary N) is 1. The Balaban J connectivity index is 1.73. The van der Waals surface area contributed by atoms with Crippen molar-refractivity contribution in [1.29, 1.82) is 0 Å². The molecule has 1 N–H and O–H groups in total. The van der Waals surface area contributed by atoms with Crippen LogP contribution in [-0.4, -0.2) is 36.1 Å². The van der Waals surface area contributed by atoms with Crippen molar-refractivity contribution < 1.29 is 0 Å². The van der Waals surface area contributed by atoms with E-state index in [0.717, 1.165) is 24.5 Å². The molecule has 110 valence electrons. The summed E-state index contributed by atoms with van der Waals surface area (Å²) in [4.78, 5) is 2.92. The predicted molar refractivity (Wildman–Crippen MR) is 81.3 cm³/mol. The molecule has 3 aliphatic carbocycles. The van der Waals surface area contributed by atoms with Gasteiger partial charge in [0.2, 0.25) is 0 Å². The first-order chi connectivity index (χ1) is 9.12. The molecule has 0 aromatic heterocycles. The fraction of sp³-hybridized carbons (Fsp3) is 1.00. The fourth-order valence-electron chi connectivity index (χ4n) is 4.16. The minimum absolute atomic E-state index is 0.468. The van der Waals surface area contributed by atoms with E-state index in [0.29, 0.717) is 11.5 Å². The van der Waals surface area contributed by atoms with Crippen LogP contribution in [-0.2, 0) is 0 Å². The zero-order chi connectivity index (χ0) is 13.5. The van der Waals surface area contributed by atoms with E-state index >= 15 is 0 Å². The van der Waals surface area contributed by atoms with E-state index in [9.17, 15) is 0 Å². The van der Waals surface area contributed by atoms with Crippen molar-refractivity contribution in [3.63, 3.8) is 0 Å². The first-order valence-corrected chi connectivity index (χ1v) is 8.61. The van der Waals surface area contributed by atoms with Crippen LogP contribution < -0.4 is 5.32 Å². The molecule has 0 heterocycles. The molecular weight excluding hydrogens is 232 g/mol. The third-order valence-electron chi connectivity index (χ3n) is 5.58. The van der Waals surface area contributed by atoms with Gasteiger partial charge in [0.05, 0.1) is 0 Å².